The molecular formula is C20H23N3O2. The van der Waals surface area contributed by atoms with Crippen molar-refractivity contribution < 1.29 is 9.53 Å². The second-order valence-corrected chi connectivity index (χ2v) is 6.99. The fourth-order valence-corrected chi connectivity index (χ4v) is 4.09. The molecule has 1 saturated carbocycles. The Morgan fingerprint density at radius 1 is 1.24 bits per heavy atom. The predicted molar refractivity (Wildman–Crippen MR) is 95.2 cm³/mol. The van der Waals surface area contributed by atoms with Crippen LogP contribution in [-0.4, -0.2) is 29.6 Å². The fraction of sp³-hybridized carbons (Fsp3) is 0.400. The van der Waals surface area contributed by atoms with Gasteiger partial charge in [0.2, 0.25) is 5.88 Å². The smallest absolute Gasteiger partial charge is 0.318 e. The summed E-state index contributed by atoms with van der Waals surface area (Å²) in [5.74, 6) is 0.561. The summed E-state index contributed by atoms with van der Waals surface area (Å²) in [6.45, 7) is 1.25. The highest BCUT2D eigenvalue weighted by molar-refractivity contribution is 5.76. The molecule has 1 unspecified atom stereocenters. The van der Waals surface area contributed by atoms with Gasteiger partial charge in [-0.25, -0.2) is 9.78 Å². The lowest BCUT2D eigenvalue weighted by molar-refractivity contribution is -0.0998. The highest BCUT2D eigenvalue weighted by Crippen LogP contribution is 2.60. The SMILES string of the molecule is COc1cccc(CNC(=O)N2CC3(CCC3)C2c2ccccc2)n1. The third kappa shape index (κ3) is 2.84. The van der Waals surface area contributed by atoms with E-state index in [0.717, 1.165) is 12.2 Å². The number of ether oxygens (including phenoxy) is 1. The van der Waals surface area contributed by atoms with Gasteiger partial charge in [-0.1, -0.05) is 42.8 Å². The van der Waals surface area contributed by atoms with Gasteiger partial charge in [0.1, 0.15) is 0 Å². The van der Waals surface area contributed by atoms with Crippen molar-refractivity contribution in [1.29, 1.82) is 0 Å². The predicted octanol–water partition coefficient (Wildman–Crippen LogP) is 3.53. The van der Waals surface area contributed by atoms with Crippen LogP contribution in [0, 0.1) is 5.41 Å². The van der Waals surface area contributed by atoms with E-state index in [-0.39, 0.29) is 12.1 Å². The van der Waals surface area contributed by atoms with Gasteiger partial charge in [-0.3, -0.25) is 0 Å². The first-order valence-electron chi connectivity index (χ1n) is 8.81. The third-order valence-corrected chi connectivity index (χ3v) is 5.51. The topological polar surface area (TPSA) is 54.5 Å². The number of amides is 2. The number of urea groups is 1. The van der Waals surface area contributed by atoms with E-state index in [2.05, 4.69) is 34.6 Å². The van der Waals surface area contributed by atoms with Crippen molar-refractivity contribution in [3.8, 4) is 5.88 Å². The highest BCUT2D eigenvalue weighted by Gasteiger charge is 2.57. The lowest BCUT2D eigenvalue weighted by Gasteiger charge is -2.62. The van der Waals surface area contributed by atoms with Crippen LogP contribution in [0.3, 0.4) is 0 Å². The second-order valence-electron chi connectivity index (χ2n) is 6.99. The number of hydrogen-bond acceptors (Lipinski definition) is 3. The summed E-state index contributed by atoms with van der Waals surface area (Å²) in [4.78, 5) is 19.0. The standard InChI is InChI=1S/C20H23N3O2/c1-25-17-10-5-9-16(22-17)13-21-19(24)23-14-20(11-6-12-20)18(23)15-7-3-2-4-8-15/h2-5,7-10,18H,6,11-14H2,1H3,(H,21,24). The van der Waals surface area contributed by atoms with Crippen LogP contribution in [-0.2, 0) is 6.54 Å². The quantitative estimate of drug-likeness (QED) is 0.928. The Kier molecular flexibility index (Phi) is 4.07. The average Bonchev–Trinajstić information content (AvgIpc) is 2.59. The summed E-state index contributed by atoms with van der Waals surface area (Å²) in [5.41, 5.74) is 2.33. The molecule has 5 nitrogen and oxygen atoms in total. The molecule has 4 rings (SSSR count). The molecule has 1 aromatic heterocycles. The summed E-state index contributed by atoms with van der Waals surface area (Å²) < 4.78 is 5.13. The molecule has 0 radical (unpaired) electrons. The van der Waals surface area contributed by atoms with Crippen molar-refractivity contribution in [1.82, 2.24) is 15.2 Å². The Balaban J connectivity index is 1.44. The molecule has 1 N–H and O–H groups in total. The number of nitrogens with one attached hydrogen (secondary N) is 1. The van der Waals surface area contributed by atoms with E-state index in [1.165, 1.54) is 24.8 Å². The van der Waals surface area contributed by atoms with Gasteiger partial charge in [0.25, 0.3) is 0 Å². The van der Waals surface area contributed by atoms with Crippen molar-refractivity contribution in [2.45, 2.75) is 31.8 Å². The number of nitrogens with zero attached hydrogens (tertiary/aromatic N) is 2. The first kappa shape index (κ1) is 15.9. The number of rotatable bonds is 4. The molecule has 1 spiro atoms. The monoisotopic (exact) mass is 337 g/mol. The Hall–Kier alpha value is -2.56. The Morgan fingerprint density at radius 3 is 2.72 bits per heavy atom. The molecule has 1 aromatic carbocycles. The number of hydrogen-bond donors (Lipinski definition) is 1. The highest BCUT2D eigenvalue weighted by atomic mass is 16.5. The largest absolute Gasteiger partial charge is 0.481 e. The number of carbonyl (C=O) groups excluding carboxylic acids is 1. The van der Waals surface area contributed by atoms with Crippen LogP contribution >= 0.6 is 0 Å². The van der Waals surface area contributed by atoms with Crippen LogP contribution in [0.5, 0.6) is 5.88 Å². The molecule has 130 valence electrons. The van der Waals surface area contributed by atoms with Crippen molar-refractivity contribution in [3.05, 3.63) is 59.8 Å². The van der Waals surface area contributed by atoms with Gasteiger partial charge >= 0.3 is 6.03 Å². The van der Waals surface area contributed by atoms with E-state index >= 15 is 0 Å². The normalized spacial score (nSPS) is 20.5. The first-order valence-corrected chi connectivity index (χ1v) is 8.81. The summed E-state index contributed by atoms with van der Waals surface area (Å²) in [5, 5.41) is 3.01. The zero-order valence-electron chi connectivity index (χ0n) is 14.4. The number of aromatic nitrogens is 1. The van der Waals surface area contributed by atoms with E-state index in [1.807, 2.05) is 23.1 Å². The van der Waals surface area contributed by atoms with E-state index in [4.69, 9.17) is 4.74 Å². The van der Waals surface area contributed by atoms with Crippen molar-refractivity contribution >= 4 is 6.03 Å². The third-order valence-electron chi connectivity index (χ3n) is 5.51. The number of benzene rings is 1. The fourth-order valence-electron chi connectivity index (χ4n) is 4.09. The Morgan fingerprint density at radius 2 is 2.04 bits per heavy atom. The molecular weight excluding hydrogens is 314 g/mol. The van der Waals surface area contributed by atoms with Gasteiger partial charge in [0.15, 0.2) is 0 Å². The van der Waals surface area contributed by atoms with Crippen LogP contribution in [0.2, 0.25) is 0 Å². The lowest BCUT2D eigenvalue weighted by Crippen LogP contribution is -2.65. The molecule has 2 amide bonds. The van der Waals surface area contributed by atoms with Gasteiger partial charge in [0.05, 0.1) is 25.4 Å². The molecule has 25 heavy (non-hydrogen) atoms. The second kappa shape index (κ2) is 6.39. The molecule has 2 aromatic rings. The molecule has 1 atom stereocenters. The molecule has 1 aliphatic heterocycles. The maximum atomic E-state index is 12.7. The number of carbonyl (C=O) groups is 1. The Labute approximate surface area is 148 Å². The summed E-state index contributed by atoms with van der Waals surface area (Å²) in [7, 11) is 1.59. The van der Waals surface area contributed by atoms with Gasteiger partial charge in [0, 0.05) is 18.0 Å². The zero-order valence-corrected chi connectivity index (χ0v) is 14.4. The molecule has 0 bridgehead atoms. The lowest BCUT2D eigenvalue weighted by atomic mass is 9.56. The molecule has 1 saturated heterocycles. The minimum Gasteiger partial charge on any atom is -0.481 e. The Bertz CT molecular complexity index is 759. The van der Waals surface area contributed by atoms with Crippen LogP contribution < -0.4 is 10.1 Å². The molecule has 2 aliphatic rings. The maximum Gasteiger partial charge on any atom is 0.318 e. The van der Waals surface area contributed by atoms with Crippen LogP contribution in [0.15, 0.2) is 48.5 Å². The minimum absolute atomic E-state index is 0.0176. The van der Waals surface area contributed by atoms with Crippen molar-refractivity contribution in [2.75, 3.05) is 13.7 Å². The molecule has 5 heteroatoms. The van der Waals surface area contributed by atoms with Crippen LogP contribution in [0.4, 0.5) is 4.79 Å². The van der Waals surface area contributed by atoms with E-state index in [9.17, 15) is 4.79 Å². The molecule has 1 aliphatic carbocycles. The van der Waals surface area contributed by atoms with Crippen LogP contribution in [0.1, 0.15) is 36.6 Å². The van der Waals surface area contributed by atoms with E-state index < -0.39 is 0 Å². The maximum absolute atomic E-state index is 12.7. The number of likely N-dealkylation sites (tertiary alicyclic amines) is 1. The summed E-state index contributed by atoms with van der Waals surface area (Å²) in [6, 6.07) is 16.1. The first-order chi connectivity index (χ1) is 12.2. The van der Waals surface area contributed by atoms with E-state index in [0.29, 0.717) is 17.8 Å². The van der Waals surface area contributed by atoms with Gasteiger partial charge in [-0.2, -0.15) is 0 Å². The number of pyridine rings is 1. The van der Waals surface area contributed by atoms with Gasteiger partial charge in [-0.05, 0) is 24.5 Å². The average molecular weight is 337 g/mol. The summed E-state index contributed by atoms with van der Waals surface area (Å²) >= 11 is 0. The zero-order chi connectivity index (χ0) is 17.3. The minimum atomic E-state index is -0.0176. The number of methoxy groups -OCH3 is 1. The van der Waals surface area contributed by atoms with Crippen molar-refractivity contribution in [2.24, 2.45) is 5.41 Å². The summed E-state index contributed by atoms with van der Waals surface area (Å²) in [6.07, 6.45) is 3.70. The van der Waals surface area contributed by atoms with Gasteiger partial charge < -0.3 is 15.0 Å². The van der Waals surface area contributed by atoms with Crippen LogP contribution in [0.25, 0.3) is 0 Å². The molecule has 2 fully saturated rings. The molecule has 2 heterocycles. The van der Waals surface area contributed by atoms with E-state index in [1.54, 1.807) is 13.2 Å². The van der Waals surface area contributed by atoms with Gasteiger partial charge in [-0.15, -0.1) is 0 Å². The van der Waals surface area contributed by atoms with Crippen molar-refractivity contribution in [3.63, 3.8) is 0 Å².